The van der Waals surface area contributed by atoms with Crippen LogP contribution in [0.1, 0.15) is 39.0 Å². The number of rotatable bonds is 4. The lowest BCUT2D eigenvalue weighted by Gasteiger charge is -2.26. The van der Waals surface area contributed by atoms with Crippen molar-refractivity contribution in [2.45, 2.75) is 51.2 Å². The van der Waals surface area contributed by atoms with E-state index in [1.54, 1.807) is 6.92 Å². The van der Waals surface area contributed by atoms with Gasteiger partial charge in [-0.15, -0.1) is 0 Å². The third-order valence-electron chi connectivity index (χ3n) is 2.65. The van der Waals surface area contributed by atoms with Crippen LogP contribution in [0.3, 0.4) is 0 Å². The van der Waals surface area contributed by atoms with E-state index < -0.39 is 20.0 Å². The molecule has 1 saturated carbocycles. The molecule has 98 valence electrons. The van der Waals surface area contributed by atoms with E-state index in [9.17, 15) is 5.11 Å². The van der Waals surface area contributed by atoms with Gasteiger partial charge in [0.1, 0.15) is 0 Å². The van der Waals surface area contributed by atoms with Gasteiger partial charge in [-0.1, -0.05) is 19.3 Å². The molecule has 0 bridgehead atoms. The van der Waals surface area contributed by atoms with Crippen LogP contribution in [0.5, 0.6) is 0 Å². The van der Waals surface area contributed by atoms with E-state index in [0.717, 1.165) is 18.8 Å². The van der Waals surface area contributed by atoms with E-state index in [1.807, 2.05) is 0 Å². The fourth-order valence-electron chi connectivity index (χ4n) is 1.43. The molecule has 1 fully saturated rings. The standard InChI is InChI=1S/C9H18O2.H3O4P/c1-7(10)9(11)6-5-8-3-2-4-8;1-5(2,3)4/h7-11H,2-6H2,1H3;(H3,1,2,3,4). The summed E-state index contributed by atoms with van der Waals surface area (Å²) in [5.74, 6) is 0.836. The summed E-state index contributed by atoms with van der Waals surface area (Å²) in [6, 6.07) is 0. The van der Waals surface area contributed by atoms with Crippen LogP contribution < -0.4 is 0 Å². The molecule has 5 N–H and O–H groups in total. The van der Waals surface area contributed by atoms with Gasteiger partial charge in [-0.25, -0.2) is 4.57 Å². The summed E-state index contributed by atoms with van der Waals surface area (Å²) in [4.78, 5) is 21.6. The van der Waals surface area contributed by atoms with E-state index >= 15 is 0 Å². The second-order valence-corrected chi connectivity index (χ2v) is 5.22. The monoisotopic (exact) mass is 256 g/mol. The maximum atomic E-state index is 9.24. The lowest BCUT2D eigenvalue weighted by molar-refractivity contribution is 0.0199. The first-order valence-electron chi connectivity index (χ1n) is 5.34. The molecule has 0 radical (unpaired) electrons. The van der Waals surface area contributed by atoms with E-state index in [2.05, 4.69) is 0 Å². The highest BCUT2D eigenvalue weighted by Crippen LogP contribution is 2.31. The van der Waals surface area contributed by atoms with E-state index in [-0.39, 0.29) is 0 Å². The highest BCUT2D eigenvalue weighted by Gasteiger charge is 2.19. The second-order valence-electron chi connectivity index (χ2n) is 4.20. The molecule has 0 spiro atoms. The van der Waals surface area contributed by atoms with Gasteiger partial charge in [0.15, 0.2) is 0 Å². The van der Waals surface area contributed by atoms with Crippen molar-refractivity contribution in [2.75, 3.05) is 0 Å². The minimum atomic E-state index is -4.64. The zero-order valence-corrected chi connectivity index (χ0v) is 10.3. The lowest BCUT2D eigenvalue weighted by Crippen LogP contribution is -2.24. The van der Waals surface area contributed by atoms with Gasteiger partial charge >= 0.3 is 7.82 Å². The maximum absolute atomic E-state index is 9.24. The normalized spacial score (nSPS) is 20.4. The van der Waals surface area contributed by atoms with E-state index in [1.165, 1.54) is 19.3 Å². The van der Waals surface area contributed by atoms with Gasteiger partial charge < -0.3 is 24.9 Å². The van der Waals surface area contributed by atoms with Crippen molar-refractivity contribution >= 4 is 7.82 Å². The highest BCUT2D eigenvalue weighted by atomic mass is 31.2. The highest BCUT2D eigenvalue weighted by molar-refractivity contribution is 7.45. The van der Waals surface area contributed by atoms with Crippen molar-refractivity contribution in [3.05, 3.63) is 0 Å². The predicted molar refractivity (Wildman–Crippen MR) is 58.5 cm³/mol. The van der Waals surface area contributed by atoms with Crippen molar-refractivity contribution in [3.63, 3.8) is 0 Å². The van der Waals surface area contributed by atoms with Crippen LogP contribution in [-0.2, 0) is 4.57 Å². The smallest absolute Gasteiger partial charge is 0.391 e. The van der Waals surface area contributed by atoms with Crippen molar-refractivity contribution in [2.24, 2.45) is 5.92 Å². The molecular weight excluding hydrogens is 235 g/mol. The summed E-state index contributed by atoms with van der Waals surface area (Å²) in [6.07, 6.45) is 4.80. The third kappa shape index (κ3) is 10.5. The van der Waals surface area contributed by atoms with Gasteiger partial charge in [0.05, 0.1) is 12.2 Å². The van der Waals surface area contributed by atoms with Crippen LogP contribution in [0.4, 0.5) is 0 Å². The van der Waals surface area contributed by atoms with Crippen molar-refractivity contribution in [1.82, 2.24) is 0 Å². The number of hydrogen-bond acceptors (Lipinski definition) is 3. The average Bonchev–Trinajstić information content (AvgIpc) is 1.97. The zero-order valence-electron chi connectivity index (χ0n) is 9.36. The van der Waals surface area contributed by atoms with Crippen molar-refractivity contribution in [3.8, 4) is 0 Å². The molecule has 2 atom stereocenters. The fraction of sp³-hybridized carbons (Fsp3) is 1.00. The number of phosphoric acid groups is 1. The van der Waals surface area contributed by atoms with Crippen LogP contribution in [0.25, 0.3) is 0 Å². The Labute approximate surface area is 95.2 Å². The molecule has 1 rings (SSSR count). The van der Waals surface area contributed by atoms with Crippen molar-refractivity contribution < 1.29 is 29.5 Å². The number of hydrogen-bond donors (Lipinski definition) is 5. The summed E-state index contributed by atoms with van der Waals surface area (Å²) in [7, 11) is -4.64. The quantitative estimate of drug-likeness (QED) is 0.464. The molecule has 0 saturated heterocycles. The zero-order chi connectivity index (χ0) is 12.8. The Morgan fingerprint density at radius 3 is 1.94 bits per heavy atom. The number of aliphatic hydroxyl groups is 2. The fourth-order valence-corrected chi connectivity index (χ4v) is 1.43. The summed E-state index contributed by atoms with van der Waals surface area (Å²) >= 11 is 0. The molecule has 6 nitrogen and oxygen atoms in total. The van der Waals surface area contributed by atoms with Crippen LogP contribution in [0, 0.1) is 5.92 Å². The Bertz CT molecular complexity index is 214. The van der Waals surface area contributed by atoms with Gasteiger partial charge in [-0.05, 0) is 25.7 Å². The molecule has 0 aromatic carbocycles. The van der Waals surface area contributed by atoms with Gasteiger partial charge in [0, 0.05) is 0 Å². The Balaban J connectivity index is 0.000000385. The summed E-state index contributed by atoms with van der Waals surface area (Å²) in [5.41, 5.74) is 0. The molecule has 0 heterocycles. The van der Waals surface area contributed by atoms with Crippen LogP contribution >= 0.6 is 7.82 Å². The Kier molecular flexibility index (Phi) is 7.39. The van der Waals surface area contributed by atoms with Gasteiger partial charge in [0.25, 0.3) is 0 Å². The first-order chi connectivity index (χ1) is 7.20. The second kappa shape index (κ2) is 7.37. The number of aliphatic hydroxyl groups excluding tert-OH is 2. The van der Waals surface area contributed by atoms with Crippen LogP contribution in [-0.4, -0.2) is 37.1 Å². The van der Waals surface area contributed by atoms with E-state index in [0.29, 0.717) is 0 Å². The largest absolute Gasteiger partial charge is 0.466 e. The topological polar surface area (TPSA) is 118 Å². The van der Waals surface area contributed by atoms with Gasteiger partial charge in [-0.3, -0.25) is 0 Å². The molecule has 2 unspecified atom stereocenters. The molecule has 0 aromatic rings. The van der Waals surface area contributed by atoms with Crippen LogP contribution in [0.15, 0.2) is 0 Å². The van der Waals surface area contributed by atoms with Crippen molar-refractivity contribution in [1.29, 1.82) is 0 Å². The molecule has 1 aliphatic carbocycles. The van der Waals surface area contributed by atoms with Gasteiger partial charge in [-0.2, -0.15) is 0 Å². The predicted octanol–water partition coefficient (Wildman–Crippen LogP) is 0.380. The van der Waals surface area contributed by atoms with Crippen LogP contribution in [0.2, 0.25) is 0 Å². The Morgan fingerprint density at radius 2 is 1.69 bits per heavy atom. The molecule has 0 aromatic heterocycles. The summed E-state index contributed by atoms with van der Waals surface area (Å²) < 4.78 is 8.88. The van der Waals surface area contributed by atoms with E-state index in [4.69, 9.17) is 24.4 Å². The SMILES string of the molecule is CC(O)C(O)CCC1CCC1.O=P(O)(O)O. The molecule has 0 aliphatic heterocycles. The third-order valence-corrected chi connectivity index (χ3v) is 2.65. The minimum Gasteiger partial charge on any atom is -0.391 e. The first-order valence-corrected chi connectivity index (χ1v) is 6.91. The first kappa shape index (κ1) is 16.0. The molecule has 7 heteroatoms. The lowest BCUT2D eigenvalue weighted by atomic mass is 9.81. The maximum Gasteiger partial charge on any atom is 0.466 e. The van der Waals surface area contributed by atoms with Gasteiger partial charge in [0.2, 0.25) is 0 Å². The Hall–Kier alpha value is 0.0300. The summed E-state index contributed by atoms with van der Waals surface area (Å²) in [5, 5.41) is 18.2. The average molecular weight is 256 g/mol. The molecule has 1 aliphatic rings. The molecular formula is C9H21O6P. The molecule has 16 heavy (non-hydrogen) atoms. The molecule has 0 amide bonds. The summed E-state index contributed by atoms with van der Waals surface area (Å²) in [6.45, 7) is 1.64. The minimum absolute atomic E-state index is 0.504. The Morgan fingerprint density at radius 1 is 1.25 bits per heavy atom.